The zero-order valence-electron chi connectivity index (χ0n) is 17.3. The van der Waals surface area contributed by atoms with Crippen LogP contribution in [0.25, 0.3) is 0 Å². The van der Waals surface area contributed by atoms with Gasteiger partial charge in [-0.05, 0) is 97.9 Å². The molecule has 5 aliphatic carbocycles. The zero-order valence-corrected chi connectivity index (χ0v) is 17.3. The van der Waals surface area contributed by atoms with Gasteiger partial charge < -0.3 is 0 Å². The van der Waals surface area contributed by atoms with Gasteiger partial charge in [0.05, 0.1) is 11.5 Å². The molecule has 0 saturated heterocycles. The van der Waals surface area contributed by atoms with Gasteiger partial charge in [0, 0.05) is 6.42 Å². The number of carbonyl (C=O) groups is 1. The summed E-state index contributed by atoms with van der Waals surface area (Å²) in [6.07, 6.45) is 12.4. The average molecular weight is 366 g/mol. The van der Waals surface area contributed by atoms with E-state index in [4.69, 9.17) is 0 Å². The third-order valence-corrected chi connectivity index (χ3v) is 10.3. The van der Waals surface area contributed by atoms with Crippen LogP contribution < -0.4 is 0 Å². The van der Waals surface area contributed by atoms with Gasteiger partial charge in [-0.15, -0.1) is 0 Å². The molecule has 0 aromatic heterocycles. The number of nitrogens with zero attached hydrogens (tertiary/aromatic N) is 1. The van der Waals surface area contributed by atoms with E-state index in [1.54, 1.807) is 0 Å². The van der Waals surface area contributed by atoms with Gasteiger partial charge in [0.25, 0.3) is 0 Å². The second kappa shape index (κ2) is 5.95. The smallest absolute Gasteiger partial charge is 0.155 e. The van der Waals surface area contributed by atoms with Crippen LogP contribution in [0.15, 0.2) is 11.6 Å². The lowest BCUT2D eigenvalue weighted by molar-refractivity contribution is -0.118. The van der Waals surface area contributed by atoms with Crippen molar-refractivity contribution in [1.82, 2.24) is 0 Å². The third-order valence-electron chi connectivity index (χ3n) is 10.3. The lowest BCUT2D eigenvalue weighted by atomic mass is 9.43. The molecular weight excluding hydrogens is 330 g/mol. The highest BCUT2D eigenvalue weighted by molar-refractivity contribution is 5.91. The van der Waals surface area contributed by atoms with Crippen molar-refractivity contribution in [2.24, 2.45) is 52.3 Å². The van der Waals surface area contributed by atoms with Gasteiger partial charge in [0.2, 0.25) is 0 Å². The van der Waals surface area contributed by atoms with Gasteiger partial charge in [-0.3, -0.25) is 4.79 Å². The summed E-state index contributed by atoms with van der Waals surface area (Å²) in [5.41, 5.74) is 1.71. The molecule has 0 amide bonds. The van der Waals surface area contributed by atoms with E-state index in [0.717, 1.165) is 55.3 Å². The molecule has 0 aromatic carbocycles. The molecule has 2 heteroatoms. The predicted molar refractivity (Wildman–Crippen MR) is 107 cm³/mol. The fraction of sp³-hybridized carbons (Fsp3) is 0.840. The molecule has 0 aromatic rings. The zero-order chi connectivity index (χ0) is 19.0. The summed E-state index contributed by atoms with van der Waals surface area (Å²) >= 11 is 0. The van der Waals surface area contributed by atoms with Crippen LogP contribution in [0, 0.1) is 63.6 Å². The number of carbonyl (C=O) groups excluding carboxylic acids is 1. The maximum atomic E-state index is 12.1. The second-order valence-corrected chi connectivity index (χ2v) is 10.5. The maximum Gasteiger partial charge on any atom is 0.155 e. The Bertz CT molecular complexity index is 731. The SMILES string of the molecule is CC[C@@H]1CC2=CC(=O)CC[C@@H]2[C@H]2CC[C@@]3(CC)[C@@H]([C@@H]4C[C@@H]4[C@@]3(C#N)CC)[C@H]12. The molecule has 5 aliphatic rings. The minimum atomic E-state index is -0.0566. The Morgan fingerprint density at radius 3 is 2.67 bits per heavy atom. The van der Waals surface area contributed by atoms with Crippen LogP contribution in [0.4, 0.5) is 0 Å². The lowest BCUT2D eigenvalue weighted by Crippen LogP contribution is -2.54. The van der Waals surface area contributed by atoms with E-state index in [-0.39, 0.29) is 10.8 Å². The van der Waals surface area contributed by atoms with Crippen molar-refractivity contribution < 1.29 is 4.79 Å². The first-order valence-electron chi connectivity index (χ1n) is 11.7. The summed E-state index contributed by atoms with van der Waals surface area (Å²) in [6.45, 7) is 7.04. The second-order valence-electron chi connectivity index (χ2n) is 10.5. The molecule has 27 heavy (non-hydrogen) atoms. The Kier molecular flexibility index (Phi) is 3.96. The van der Waals surface area contributed by atoms with E-state index in [9.17, 15) is 10.1 Å². The fourth-order valence-electron chi connectivity index (χ4n) is 9.33. The van der Waals surface area contributed by atoms with Gasteiger partial charge in [-0.1, -0.05) is 32.8 Å². The number of rotatable bonds is 3. The van der Waals surface area contributed by atoms with E-state index >= 15 is 0 Å². The van der Waals surface area contributed by atoms with Crippen LogP contribution in [-0.4, -0.2) is 5.78 Å². The number of hydrogen-bond donors (Lipinski definition) is 0. The van der Waals surface area contributed by atoms with Crippen LogP contribution >= 0.6 is 0 Å². The Labute approximate surface area is 164 Å². The average Bonchev–Trinajstić information content (AvgIpc) is 3.44. The number of nitriles is 1. The molecule has 0 unspecified atom stereocenters. The van der Waals surface area contributed by atoms with Crippen LogP contribution in [-0.2, 0) is 4.79 Å². The molecule has 4 saturated carbocycles. The Hall–Kier alpha value is -1.10. The number of fused-ring (bicyclic) bond motifs is 7. The Morgan fingerprint density at radius 1 is 1.19 bits per heavy atom. The highest BCUT2D eigenvalue weighted by atomic mass is 16.1. The monoisotopic (exact) mass is 365 g/mol. The summed E-state index contributed by atoms with van der Waals surface area (Å²) < 4.78 is 0. The van der Waals surface area contributed by atoms with Gasteiger partial charge in [0.15, 0.2) is 5.78 Å². The minimum absolute atomic E-state index is 0.0566. The van der Waals surface area contributed by atoms with Crippen molar-refractivity contribution in [3.8, 4) is 6.07 Å². The topological polar surface area (TPSA) is 40.9 Å². The summed E-state index contributed by atoms with van der Waals surface area (Å²) in [7, 11) is 0. The van der Waals surface area contributed by atoms with Crippen molar-refractivity contribution in [1.29, 1.82) is 5.26 Å². The van der Waals surface area contributed by atoms with Crippen LogP contribution in [0.3, 0.4) is 0 Å². The molecule has 4 fully saturated rings. The van der Waals surface area contributed by atoms with Crippen molar-refractivity contribution >= 4 is 5.78 Å². The van der Waals surface area contributed by atoms with Crippen LogP contribution in [0.2, 0.25) is 0 Å². The Morgan fingerprint density at radius 2 is 2.00 bits per heavy atom. The summed E-state index contributed by atoms with van der Waals surface area (Å²) in [4.78, 5) is 12.1. The number of ketones is 1. The van der Waals surface area contributed by atoms with E-state index in [1.165, 1.54) is 37.7 Å². The van der Waals surface area contributed by atoms with Crippen molar-refractivity contribution in [3.05, 3.63) is 11.6 Å². The molecule has 0 heterocycles. The first-order chi connectivity index (χ1) is 13.1. The van der Waals surface area contributed by atoms with Crippen LogP contribution in [0.1, 0.15) is 78.6 Å². The standard InChI is InChI=1S/C25H35NO/c1-4-15-11-16-12-17(27)7-8-18(16)19-9-10-24(5-2)23(22(15)19)20-13-21(20)25(24,6-3)14-26/h12,15,18-23H,4-11,13H2,1-3H3/t15-,18+,19-,20-,21+,22-,23+,24+,25+/m1/s1. The highest BCUT2D eigenvalue weighted by Gasteiger charge is 2.77. The summed E-state index contributed by atoms with van der Waals surface area (Å²) in [5, 5.41) is 10.4. The van der Waals surface area contributed by atoms with Crippen molar-refractivity contribution in [2.45, 2.75) is 78.6 Å². The molecule has 146 valence electrons. The van der Waals surface area contributed by atoms with Gasteiger partial charge in [-0.2, -0.15) is 5.26 Å². The van der Waals surface area contributed by atoms with E-state index in [0.29, 0.717) is 17.6 Å². The highest BCUT2D eigenvalue weighted by Crippen LogP contribution is 2.81. The number of hydrogen-bond acceptors (Lipinski definition) is 2. The largest absolute Gasteiger partial charge is 0.295 e. The predicted octanol–water partition coefficient (Wildman–Crippen LogP) is 5.93. The molecular formula is C25H35NO. The molecule has 0 N–H and O–H groups in total. The fourth-order valence-corrected chi connectivity index (χ4v) is 9.33. The quantitative estimate of drug-likeness (QED) is 0.622. The molecule has 0 aliphatic heterocycles. The van der Waals surface area contributed by atoms with E-state index < -0.39 is 0 Å². The van der Waals surface area contributed by atoms with Gasteiger partial charge >= 0.3 is 0 Å². The van der Waals surface area contributed by atoms with Gasteiger partial charge in [-0.25, -0.2) is 0 Å². The van der Waals surface area contributed by atoms with Crippen LogP contribution in [0.5, 0.6) is 0 Å². The normalized spacial score (nSPS) is 52.7. The lowest BCUT2D eigenvalue weighted by Gasteiger charge is -2.60. The molecule has 9 atom stereocenters. The summed E-state index contributed by atoms with van der Waals surface area (Å²) in [6, 6.07) is 2.94. The number of allylic oxidation sites excluding steroid dienone is 1. The third kappa shape index (κ3) is 2.05. The van der Waals surface area contributed by atoms with Gasteiger partial charge in [0.1, 0.15) is 0 Å². The summed E-state index contributed by atoms with van der Waals surface area (Å²) in [5.74, 6) is 5.62. The maximum absolute atomic E-state index is 12.1. The van der Waals surface area contributed by atoms with Crippen molar-refractivity contribution in [2.75, 3.05) is 0 Å². The molecule has 0 spiro atoms. The first-order valence-corrected chi connectivity index (χ1v) is 11.7. The minimum Gasteiger partial charge on any atom is -0.295 e. The molecule has 5 rings (SSSR count). The van der Waals surface area contributed by atoms with E-state index in [2.05, 4.69) is 26.8 Å². The van der Waals surface area contributed by atoms with Crippen molar-refractivity contribution in [3.63, 3.8) is 0 Å². The molecule has 0 bridgehead atoms. The molecule has 2 nitrogen and oxygen atoms in total. The van der Waals surface area contributed by atoms with E-state index in [1.807, 2.05) is 6.08 Å². The molecule has 0 radical (unpaired) electrons. The first kappa shape index (κ1) is 18.0. The Balaban J connectivity index is 1.59.